The van der Waals surface area contributed by atoms with Gasteiger partial charge in [-0.25, -0.2) is 0 Å². The minimum atomic E-state index is 0.118. The highest BCUT2D eigenvalue weighted by molar-refractivity contribution is 7.09. The normalized spacial score (nSPS) is 12.8. The van der Waals surface area contributed by atoms with Gasteiger partial charge in [0.1, 0.15) is 4.88 Å². The molecule has 1 N–H and O–H groups in total. The first-order valence-electron chi connectivity index (χ1n) is 6.68. The zero-order valence-electron chi connectivity index (χ0n) is 11.5. The fourth-order valence-electron chi connectivity index (χ4n) is 1.79. The molecular formula is C12H19N5OS. The van der Waals surface area contributed by atoms with Crippen molar-refractivity contribution >= 4 is 11.5 Å². The van der Waals surface area contributed by atoms with E-state index in [9.17, 15) is 0 Å². The molecule has 0 aromatic carbocycles. The largest absolute Gasteiger partial charge is 0.418 e. The van der Waals surface area contributed by atoms with Crippen molar-refractivity contribution in [2.45, 2.75) is 46.1 Å². The number of aromatic nitrogens is 4. The molecule has 2 rings (SSSR count). The van der Waals surface area contributed by atoms with E-state index in [1.54, 1.807) is 0 Å². The number of rotatable bonds is 7. The van der Waals surface area contributed by atoms with Gasteiger partial charge in [0.15, 0.2) is 0 Å². The molecule has 2 heterocycles. The van der Waals surface area contributed by atoms with Gasteiger partial charge in [-0.15, -0.1) is 15.3 Å². The Kier molecular flexibility index (Phi) is 4.98. The van der Waals surface area contributed by atoms with Crippen molar-refractivity contribution in [1.29, 1.82) is 0 Å². The minimum Gasteiger partial charge on any atom is -0.418 e. The van der Waals surface area contributed by atoms with Crippen LogP contribution in [0.4, 0.5) is 0 Å². The van der Waals surface area contributed by atoms with E-state index in [2.05, 4.69) is 38.9 Å². The topological polar surface area (TPSA) is 76.7 Å². The van der Waals surface area contributed by atoms with Gasteiger partial charge in [-0.3, -0.25) is 0 Å². The average Bonchev–Trinajstić information content (AvgIpc) is 3.07. The summed E-state index contributed by atoms with van der Waals surface area (Å²) in [6.07, 6.45) is 2.81. The van der Waals surface area contributed by atoms with Crippen molar-refractivity contribution < 1.29 is 4.42 Å². The van der Waals surface area contributed by atoms with Crippen LogP contribution in [-0.4, -0.2) is 26.3 Å². The lowest BCUT2D eigenvalue weighted by molar-refractivity contribution is 0.396. The van der Waals surface area contributed by atoms with Gasteiger partial charge in [-0.1, -0.05) is 25.3 Å². The summed E-state index contributed by atoms with van der Waals surface area (Å²) in [7, 11) is 0. The molecule has 0 aliphatic rings. The van der Waals surface area contributed by atoms with Crippen LogP contribution in [0.5, 0.6) is 0 Å². The molecule has 0 saturated heterocycles. The van der Waals surface area contributed by atoms with Crippen LogP contribution in [0.1, 0.15) is 51.2 Å². The molecule has 0 radical (unpaired) electrons. The van der Waals surface area contributed by atoms with E-state index in [0.29, 0.717) is 11.8 Å². The predicted molar refractivity (Wildman–Crippen MR) is 73.9 cm³/mol. The van der Waals surface area contributed by atoms with Crippen LogP contribution in [0, 0.1) is 0 Å². The molecule has 1 atom stereocenters. The Labute approximate surface area is 116 Å². The van der Waals surface area contributed by atoms with Crippen LogP contribution in [0.3, 0.4) is 0 Å². The first kappa shape index (κ1) is 14.1. The van der Waals surface area contributed by atoms with Crippen LogP contribution in [0.15, 0.2) is 4.42 Å². The lowest BCUT2D eigenvalue weighted by Gasteiger charge is -2.11. The van der Waals surface area contributed by atoms with Crippen molar-refractivity contribution in [3.63, 3.8) is 0 Å². The first-order valence-corrected chi connectivity index (χ1v) is 7.45. The first-order chi connectivity index (χ1) is 9.30. The SMILES string of the molecule is CCCNC(CC)c1nnc(-c2snnc2CC)o1. The second-order valence-corrected chi connectivity index (χ2v) is 5.02. The predicted octanol–water partition coefficient (Wildman–Crippen LogP) is 2.60. The Hall–Kier alpha value is -1.34. The van der Waals surface area contributed by atoms with E-state index in [0.717, 1.165) is 36.4 Å². The monoisotopic (exact) mass is 281 g/mol. The van der Waals surface area contributed by atoms with Gasteiger partial charge in [0.05, 0.1) is 11.7 Å². The summed E-state index contributed by atoms with van der Waals surface area (Å²) in [6, 6.07) is 0.118. The maximum atomic E-state index is 5.77. The Morgan fingerprint density at radius 1 is 1.21 bits per heavy atom. The summed E-state index contributed by atoms with van der Waals surface area (Å²) >= 11 is 1.30. The van der Waals surface area contributed by atoms with E-state index < -0.39 is 0 Å². The smallest absolute Gasteiger partial charge is 0.261 e. The van der Waals surface area contributed by atoms with E-state index in [1.165, 1.54) is 11.5 Å². The minimum absolute atomic E-state index is 0.118. The van der Waals surface area contributed by atoms with Crippen molar-refractivity contribution in [3.05, 3.63) is 11.6 Å². The summed E-state index contributed by atoms with van der Waals surface area (Å²) in [4.78, 5) is 0.881. The Bertz CT molecular complexity index is 510. The quantitative estimate of drug-likeness (QED) is 0.840. The second kappa shape index (κ2) is 6.72. The molecule has 0 spiro atoms. The van der Waals surface area contributed by atoms with Crippen LogP contribution in [-0.2, 0) is 6.42 Å². The standard InChI is InChI=1S/C12H19N5OS/c1-4-7-13-9(6-3)11-15-16-12(18-11)10-8(5-2)14-17-19-10/h9,13H,4-7H2,1-3H3. The zero-order chi connectivity index (χ0) is 13.7. The second-order valence-electron chi connectivity index (χ2n) is 4.26. The summed E-state index contributed by atoms with van der Waals surface area (Å²) in [5.74, 6) is 1.17. The fourth-order valence-corrected chi connectivity index (χ4v) is 2.47. The van der Waals surface area contributed by atoms with Crippen LogP contribution in [0.2, 0.25) is 0 Å². The molecule has 0 saturated carbocycles. The van der Waals surface area contributed by atoms with Crippen molar-refractivity contribution in [2.24, 2.45) is 0 Å². The van der Waals surface area contributed by atoms with Gasteiger partial charge < -0.3 is 9.73 Å². The van der Waals surface area contributed by atoms with Gasteiger partial charge in [0.2, 0.25) is 5.89 Å². The van der Waals surface area contributed by atoms with Crippen molar-refractivity contribution in [3.8, 4) is 10.8 Å². The Balaban J connectivity index is 2.18. The van der Waals surface area contributed by atoms with Crippen LogP contribution >= 0.6 is 11.5 Å². The summed E-state index contributed by atoms with van der Waals surface area (Å²) in [5, 5.41) is 15.7. The highest BCUT2D eigenvalue weighted by Gasteiger charge is 2.20. The number of nitrogens with one attached hydrogen (secondary N) is 1. The molecule has 2 aromatic heterocycles. The maximum absolute atomic E-state index is 5.77. The third-order valence-corrected chi connectivity index (χ3v) is 3.63. The van der Waals surface area contributed by atoms with Gasteiger partial charge in [0.25, 0.3) is 5.89 Å². The number of aryl methyl sites for hydroxylation is 1. The highest BCUT2D eigenvalue weighted by Crippen LogP contribution is 2.27. The Morgan fingerprint density at radius 3 is 2.74 bits per heavy atom. The maximum Gasteiger partial charge on any atom is 0.261 e. The average molecular weight is 281 g/mol. The van der Waals surface area contributed by atoms with E-state index >= 15 is 0 Å². The molecule has 7 heteroatoms. The van der Waals surface area contributed by atoms with Gasteiger partial charge in [-0.05, 0) is 37.3 Å². The number of hydrogen-bond acceptors (Lipinski definition) is 7. The lowest BCUT2D eigenvalue weighted by Crippen LogP contribution is -2.21. The summed E-state index contributed by atoms with van der Waals surface area (Å²) in [5.41, 5.74) is 0.912. The lowest BCUT2D eigenvalue weighted by atomic mass is 10.2. The van der Waals surface area contributed by atoms with Gasteiger partial charge in [-0.2, -0.15) is 0 Å². The molecule has 6 nitrogen and oxygen atoms in total. The van der Waals surface area contributed by atoms with Crippen molar-refractivity contribution in [2.75, 3.05) is 6.54 Å². The molecule has 0 aliphatic heterocycles. The summed E-state index contributed by atoms with van der Waals surface area (Å²) < 4.78 is 9.71. The molecule has 19 heavy (non-hydrogen) atoms. The van der Waals surface area contributed by atoms with Crippen molar-refractivity contribution in [1.82, 2.24) is 25.1 Å². The molecule has 0 aliphatic carbocycles. The molecule has 1 unspecified atom stereocenters. The zero-order valence-corrected chi connectivity index (χ0v) is 12.3. The molecular weight excluding hydrogens is 262 g/mol. The number of nitrogens with zero attached hydrogens (tertiary/aromatic N) is 4. The molecule has 0 amide bonds. The third-order valence-electron chi connectivity index (χ3n) is 2.87. The molecule has 104 valence electrons. The Morgan fingerprint density at radius 2 is 2.05 bits per heavy atom. The van der Waals surface area contributed by atoms with Gasteiger partial charge >= 0.3 is 0 Å². The van der Waals surface area contributed by atoms with Crippen LogP contribution in [0.25, 0.3) is 10.8 Å². The van der Waals surface area contributed by atoms with Gasteiger partial charge in [0, 0.05) is 0 Å². The molecule has 0 bridgehead atoms. The molecule has 2 aromatic rings. The molecule has 0 fully saturated rings. The fraction of sp³-hybridized carbons (Fsp3) is 0.667. The van der Waals surface area contributed by atoms with Crippen LogP contribution < -0.4 is 5.32 Å². The van der Waals surface area contributed by atoms with E-state index in [-0.39, 0.29) is 6.04 Å². The van der Waals surface area contributed by atoms with E-state index in [4.69, 9.17) is 4.42 Å². The highest BCUT2D eigenvalue weighted by atomic mass is 32.1. The van der Waals surface area contributed by atoms with E-state index in [1.807, 2.05) is 6.92 Å². The third kappa shape index (κ3) is 3.16. The summed E-state index contributed by atoms with van der Waals surface area (Å²) in [6.45, 7) is 7.21. The number of hydrogen-bond donors (Lipinski definition) is 1.